The summed E-state index contributed by atoms with van der Waals surface area (Å²) in [6.07, 6.45) is 53.5. The summed E-state index contributed by atoms with van der Waals surface area (Å²) in [7, 11) is 0. The fraction of sp³-hybridized carbons (Fsp3) is 0.448. The lowest BCUT2D eigenvalue weighted by atomic mass is 10.0. The van der Waals surface area contributed by atoms with Crippen molar-refractivity contribution in [3.05, 3.63) is 163 Å². The van der Waals surface area contributed by atoms with E-state index in [1.165, 1.54) is 12.8 Å². The lowest BCUT2D eigenvalue weighted by Gasteiger charge is -2.19. The molecule has 1 N–H and O–H groups in total. The van der Waals surface area contributed by atoms with E-state index in [1.54, 1.807) is 0 Å². The van der Waals surface area contributed by atoms with Gasteiger partial charge in [-0.1, -0.05) is 161 Å². The number of benzene rings is 1. The molecular formula is C58H78F3NO7. The number of ether oxygens (including phenoxy) is 3. The summed E-state index contributed by atoms with van der Waals surface area (Å²) in [6, 6.07) is 2.14. The maximum Gasteiger partial charge on any atom is 0.416 e. The second-order valence-electron chi connectivity index (χ2n) is 16.2. The molecule has 2 unspecified atom stereocenters. The van der Waals surface area contributed by atoms with Crippen molar-refractivity contribution in [1.29, 1.82) is 0 Å². The quantitative estimate of drug-likeness (QED) is 0.0405. The van der Waals surface area contributed by atoms with Gasteiger partial charge in [-0.05, 0) is 114 Å². The molecule has 1 amide bonds. The van der Waals surface area contributed by atoms with E-state index in [0.29, 0.717) is 37.8 Å². The fourth-order valence-electron chi connectivity index (χ4n) is 6.01. The summed E-state index contributed by atoms with van der Waals surface area (Å²) in [4.78, 5) is 50.2. The molecule has 0 aromatic heterocycles. The minimum atomic E-state index is -4.75. The van der Waals surface area contributed by atoms with Crippen molar-refractivity contribution in [2.24, 2.45) is 5.92 Å². The van der Waals surface area contributed by atoms with E-state index in [1.807, 2.05) is 30.4 Å². The van der Waals surface area contributed by atoms with E-state index in [-0.39, 0.29) is 31.6 Å². The van der Waals surface area contributed by atoms with Gasteiger partial charge in [0.2, 0.25) is 0 Å². The van der Waals surface area contributed by atoms with Crippen LogP contribution in [-0.4, -0.2) is 43.1 Å². The van der Waals surface area contributed by atoms with E-state index in [0.717, 1.165) is 76.7 Å². The molecule has 1 aromatic rings. The molecule has 0 bridgehead atoms. The third-order valence-electron chi connectivity index (χ3n) is 10.1. The number of amides is 1. The number of carbonyl (C=O) groups excluding carboxylic acids is 4. The Hall–Kier alpha value is -5.97. The van der Waals surface area contributed by atoms with Crippen LogP contribution in [0.2, 0.25) is 0 Å². The topological polar surface area (TPSA) is 108 Å². The predicted octanol–water partition coefficient (Wildman–Crippen LogP) is 15.2. The Balaban J connectivity index is 2.63. The fourth-order valence-corrected chi connectivity index (χ4v) is 6.01. The second-order valence-corrected chi connectivity index (χ2v) is 16.2. The maximum absolute atomic E-state index is 13.4. The van der Waals surface area contributed by atoms with Gasteiger partial charge < -0.3 is 19.5 Å². The first-order valence-corrected chi connectivity index (χ1v) is 24.5. The van der Waals surface area contributed by atoms with E-state index in [4.69, 9.17) is 14.2 Å². The number of halogens is 3. The molecule has 378 valence electrons. The first kappa shape index (κ1) is 61.0. The van der Waals surface area contributed by atoms with Gasteiger partial charge >= 0.3 is 24.1 Å². The number of carbonyl (C=O) groups is 4. The zero-order valence-electron chi connectivity index (χ0n) is 41.5. The van der Waals surface area contributed by atoms with Crippen molar-refractivity contribution in [3.8, 4) is 5.75 Å². The van der Waals surface area contributed by atoms with Crippen LogP contribution in [0.5, 0.6) is 5.75 Å². The van der Waals surface area contributed by atoms with Gasteiger partial charge in [0.05, 0.1) is 17.7 Å². The molecule has 69 heavy (non-hydrogen) atoms. The minimum absolute atomic E-state index is 0.0137. The van der Waals surface area contributed by atoms with Crippen LogP contribution in [0.4, 0.5) is 13.2 Å². The van der Waals surface area contributed by atoms with E-state index in [9.17, 15) is 32.3 Å². The van der Waals surface area contributed by atoms with Crippen LogP contribution < -0.4 is 10.1 Å². The molecular weight excluding hydrogens is 880 g/mol. The molecule has 2 atom stereocenters. The van der Waals surface area contributed by atoms with Crippen molar-refractivity contribution >= 4 is 23.8 Å². The predicted molar refractivity (Wildman–Crippen MR) is 275 cm³/mol. The van der Waals surface area contributed by atoms with E-state index >= 15 is 0 Å². The van der Waals surface area contributed by atoms with Crippen molar-refractivity contribution in [1.82, 2.24) is 5.32 Å². The Kier molecular flexibility index (Phi) is 36.3. The Morgan fingerprint density at radius 1 is 0.594 bits per heavy atom. The molecule has 1 aromatic carbocycles. The standard InChI is InChI=1S/C58H78F3NO7/c1-5-7-8-9-10-11-12-13-14-15-16-17-22-25-28-31-34-37-40-43-56(65)69-52(47-62-57(66)53-45-44-51(58(59,60)61)46-54(53)68-50(4)63)48-67-55(64)42-39-36-33-30-27-24-21-19-18-20-23-26-29-32-35-38-41-49(3)6-2/h7-8,10-11,13-14,16-19,23-28,32-37,44-46,49,52H,5-6,9,12,15,20-22,29-31,38-43,47-48H2,1-4H3,(H,62,66)/b8-7-,11-10-,14-13-,17-16-,19-18-,26-23-,27-24-,28-25-,35-32-,36-33-,37-34-. The zero-order valence-corrected chi connectivity index (χ0v) is 41.5. The number of hydrogen-bond donors (Lipinski definition) is 1. The average Bonchev–Trinajstić information content (AvgIpc) is 3.31. The Morgan fingerprint density at radius 2 is 1.01 bits per heavy atom. The first-order chi connectivity index (χ1) is 33.4. The summed E-state index contributed by atoms with van der Waals surface area (Å²) in [5.74, 6) is -2.76. The van der Waals surface area contributed by atoms with Crippen molar-refractivity contribution < 1.29 is 46.6 Å². The molecule has 0 spiro atoms. The van der Waals surface area contributed by atoms with Gasteiger partial charge in [0.1, 0.15) is 12.4 Å². The van der Waals surface area contributed by atoms with Crippen molar-refractivity contribution in [2.75, 3.05) is 13.2 Å². The highest BCUT2D eigenvalue weighted by Crippen LogP contribution is 2.33. The SMILES string of the molecule is CC/C=C\C/C=C\C/C=C\C/C=C\C/C=C\C/C=C\CCC(=O)OC(CNC(=O)c1ccc(C(F)(F)F)cc1OC(C)=O)COC(=O)CC/C=C\C/C=C\C/C=C\C/C=C\C/C=C\CCC(C)CC. The Labute approximate surface area is 411 Å². The van der Waals surface area contributed by atoms with Crippen molar-refractivity contribution in [2.45, 2.75) is 149 Å². The number of alkyl halides is 3. The second kappa shape index (κ2) is 41.0. The van der Waals surface area contributed by atoms with Gasteiger partial charge in [-0.3, -0.25) is 19.2 Å². The van der Waals surface area contributed by atoms with Crippen LogP contribution in [0.25, 0.3) is 0 Å². The van der Waals surface area contributed by atoms with Gasteiger partial charge in [-0.25, -0.2) is 0 Å². The van der Waals surface area contributed by atoms with Crippen LogP contribution in [0.15, 0.2) is 152 Å². The molecule has 0 heterocycles. The number of allylic oxidation sites excluding steroid dienone is 22. The molecule has 0 aliphatic carbocycles. The lowest BCUT2D eigenvalue weighted by Crippen LogP contribution is -2.38. The van der Waals surface area contributed by atoms with Gasteiger partial charge in [0, 0.05) is 19.8 Å². The van der Waals surface area contributed by atoms with Crippen LogP contribution in [-0.2, 0) is 30.0 Å². The number of hydrogen-bond acceptors (Lipinski definition) is 7. The summed E-state index contributed by atoms with van der Waals surface area (Å²) in [5.41, 5.74) is -1.45. The highest BCUT2D eigenvalue weighted by atomic mass is 19.4. The summed E-state index contributed by atoms with van der Waals surface area (Å²) < 4.78 is 56.0. The van der Waals surface area contributed by atoms with Gasteiger partial charge in [0.15, 0.2) is 6.10 Å². The molecule has 1 rings (SSSR count). The minimum Gasteiger partial charge on any atom is -0.462 e. The van der Waals surface area contributed by atoms with Crippen LogP contribution in [0.1, 0.15) is 153 Å². The smallest absolute Gasteiger partial charge is 0.416 e. The maximum atomic E-state index is 13.4. The number of esters is 3. The van der Waals surface area contributed by atoms with Crippen molar-refractivity contribution in [3.63, 3.8) is 0 Å². The lowest BCUT2D eigenvalue weighted by molar-refractivity contribution is -0.158. The van der Waals surface area contributed by atoms with E-state index < -0.39 is 47.4 Å². The molecule has 0 saturated heterocycles. The largest absolute Gasteiger partial charge is 0.462 e. The molecule has 11 heteroatoms. The molecule has 0 fully saturated rings. The zero-order chi connectivity index (χ0) is 50.6. The van der Waals surface area contributed by atoms with Crippen LogP contribution in [0.3, 0.4) is 0 Å². The normalized spacial score (nSPS) is 13.7. The molecule has 8 nitrogen and oxygen atoms in total. The summed E-state index contributed by atoms with van der Waals surface area (Å²) in [6.45, 7) is 6.92. The van der Waals surface area contributed by atoms with Crippen LogP contribution >= 0.6 is 0 Å². The molecule has 0 aliphatic heterocycles. The average molecular weight is 958 g/mol. The Morgan fingerprint density at radius 3 is 1.43 bits per heavy atom. The number of nitrogens with one attached hydrogen (secondary N) is 1. The summed E-state index contributed by atoms with van der Waals surface area (Å²) in [5, 5.41) is 2.50. The van der Waals surface area contributed by atoms with E-state index in [2.05, 4.69) is 129 Å². The third kappa shape index (κ3) is 35.8. The Bertz CT molecular complexity index is 1940. The monoisotopic (exact) mass is 958 g/mol. The van der Waals surface area contributed by atoms with Gasteiger partial charge in [-0.2, -0.15) is 13.2 Å². The molecule has 0 saturated carbocycles. The van der Waals surface area contributed by atoms with Crippen LogP contribution in [0, 0.1) is 5.92 Å². The molecule has 0 radical (unpaired) electrons. The third-order valence-corrected chi connectivity index (χ3v) is 10.1. The van der Waals surface area contributed by atoms with Gasteiger partial charge in [-0.15, -0.1) is 0 Å². The van der Waals surface area contributed by atoms with Gasteiger partial charge in [0.25, 0.3) is 5.91 Å². The highest BCUT2D eigenvalue weighted by molar-refractivity contribution is 5.97. The number of rotatable bonds is 36. The highest BCUT2D eigenvalue weighted by Gasteiger charge is 2.32. The summed E-state index contributed by atoms with van der Waals surface area (Å²) >= 11 is 0. The molecule has 0 aliphatic rings. The first-order valence-electron chi connectivity index (χ1n) is 24.5.